The number of nitro groups is 1. The molecule has 0 unspecified atom stereocenters. The van der Waals surface area contributed by atoms with Gasteiger partial charge in [0.1, 0.15) is 16.8 Å². The highest BCUT2D eigenvalue weighted by Crippen LogP contribution is 2.65. The summed E-state index contributed by atoms with van der Waals surface area (Å²) in [7, 11) is -3.66. The second kappa shape index (κ2) is 10.1. The van der Waals surface area contributed by atoms with Crippen molar-refractivity contribution in [2.75, 3.05) is 13.2 Å². The molecule has 38 heavy (non-hydrogen) atoms. The third-order valence-electron chi connectivity index (χ3n) is 6.05. The molecular formula is C28H26N3O6P. The van der Waals surface area contributed by atoms with Crippen molar-refractivity contribution in [1.82, 2.24) is 0 Å². The minimum absolute atomic E-state index is 0.0103. The number of nitrogens with zero attached hydrogens (tertiary/aromatic N) is 3. The topological polar surface area (TPSA) is 113 Å². The normalized spacial score (nSPS) is 19.0. The lowest BCUT2D eigenvalue weighted by atomic mass is 9.97. The van der Waals surface area contributed by atoms with Crippen LogP contribution in [0.5, 0.6) is 5.75 Å². The van der Waals surface area contributed by atoms with Gasteiger partial charge in [-0.15, -0.1) is 0 Å². The van der Waals surface area contributed by atoms with Gasteiger partial charge in [-0.05, 0) is 55.0 Å². The Balaban J connectivity index is 1.45. The summed E-state index contributed by atoms with van der Waals surface area (Å²) in [6, 6.07) is 18.8. The Bertz CT molecular complexity index is 1510. The number of benzene rings is 3. The summed E-state index contributed by atoms with van der Waals surface area (Å²) >= 11 is 0. The van der Waals surface area contributed by atoms with E-state index in [9.17, 15) is 14.7 Å². The maximum Gasteiger partial charge on any atom is 0.365 e. The summed E-state index contributed by atoms with van der Waals surface area (Å²) in [5.74, 6) is 0.954. The van der Waals surface area contributed by atoms with E-state index in [0.29, 0.717) is 47.0 Å². The number of non-ortho nitro benzene ring substituents is 1. The van der Waals surface area contributed by atoms with Gasteiger partial charge < -0.3 is 13.8 Å². The van der Waals surface area contributed by atoms with E-state index < -0.39 is 12.5 Å². The van der Waals surface area contributed by atoms with Gasteiger partial charge in [0, 0.05) is 23.1 Å². The van der Waals surface area contributed by atoms with Crippen molar-refractivity contribution in [3.63, 3.8) is 0 Å². The van der Waals surface area contributed by atoms with Crippen LogP contribution in [0.3, 0.4) is 0 Å². The lowest BCUT2D eigenvalue weighted by Crippen LogP contribution is -2.29. The molecule has 0 atom stereocenters. The van der Waals surface area contributed by atoms with Crippen LogP contribution >= 0.6 is 7.60 Å². The summed E-state index contributed by atoms with van der Waals surface area (Å²) in [5, 5.41) is 19.6. The number of aryl methyl sites for hydroxylation is 1. The van der Waals surface area contributed by atoms with Gasteiger partial charge in [-0.25, -0.2) is 0 Å². The Labute approximate surface area is 220 Å². The van der Waals surface area contributed by atoms with Crippen molar-refractivity contribution in [2.45, 2.75) is 20.8 Å². The monoisotopic (exact) mass is 531 g/mol. The molecule has 10 heteroatoms. The summed E-state index contributed by atoms with van der Waals surface area (Å²) in [6.45, 7) is 6.59. The van der Waals surface area contributed by atoms with Crippen molar-refractivity contribution in [3.05, 3.63) is 105 Å². The second-order valence-electron chi connectivity index (χ2n) is 9.92. The molecular weight excluding hydrogens is 505 g/mol. The lowest BCUT2D eigenvalue weighted by Gasteiger charge is -2.35. The summed E-state index contributed by atoms with van der Waals surface area (Å²) in [6.07, 6.45) is 3.61. The molecule has 1 fully saturated rings. The molecule has 9 nitrogen and oxygen atoms in total. The van der Waals surface area contributed by atoms with Gasteiger partial charge in [-0.2, -0.15) is 10.2 Å². The van der Waals surface area contributed by atoms with Crippen LogP contribution in [0.25, 0.3) is 11.4 Å². The van der Waals surface area contributed by atoms with E-state index in [1.807, 2.05) is 51.1 Å². The first-order valence-corrected chi connectivity index (χ1v) is 13.5. The fraction of sp³-hybridized carbons (Fsp3) is 0.214. The predicted molar refractivity (Wildman–Crippen MR) is 145 cm³/mol. The number of nitro benzene ring substituents is 1. The van der Waals surface area contributed by atoms with Gasteiger partial charge in [-0.3, -0.25) is 14.7 Å². The van der Waals surface area contributed by atoms with E-state index in [1.54, 1.807) is 24.3 Å². The van der Waals surface area contributed by atoms with Crippen molar-refractivity contribution < 1.29 is 23.3 Å². The van der Waals surface area contributed by atoms with Gasteiger partial charge in [0.25, 0.3) is 5.69 Å². The minimum atomic E-state index is -3.66. The number of fused-ring (bicyclic) bond motifs is 1. The van der Waals surface area contributed by atoms with Gasteiger partial charge in [0.15, 0.2) is 0 Å². The Hall–Kier alpha value is -3.91. The Kier molecular flexibility index (Phi) is 6.84. The molecule has 0 aromatic heterocycles. The third-order valence-corrected chi connectivity index (χ3v) is 8.02. The van der Waals surface area contributed by atoms with Crippen molar-refractivity contribution >= 4 is 36.0 Å². The first-order valence-electron chi connectivity index (χ1n) is 12.0. The average Bonchev–Trinajstić information content (AvgIpc) is 2.91. The highest BCUT2D eigenvalue weighted by Gasteiger charge is 2.42. The first kappa shape index (κ1) is 25.7. The number of hydrogen-bond donors (Lipinski definition) is 0. The molecule has 0 N–H and O–H groups in total. The molecule has 0 saturated carbocycles. The quantitative estimate of drug-likeness (QED) is 0.141. The third kappa shape index (κ3) is 5.50. The van der Waals surface area contributed by atoms with E-state index in [4.69, 9.17) is 13.8 Å². The smallest absolute Gasteiger partial charge is 0.365 e. The number of hydrogen-bond acceptors (Lipinski definition) is 8. The van der Waals surface area contributed by atoms with Crippen LogP contribution in [0.2, 0.25) is 0 Å². The average molecular weight is 532 g/mol. The molecule has 0 radical (unpaired) electrons. The van der Waals surface area contributed by atoms with E-state index >= 15 is 0 Å². The summed E-state index contributed by atoms with van der Waals surface area (Å²) in [5.41, 5.74) is 3.36. The summed E-state index contributed by atoms with van der Waals surface area (Å²) < 4.78 is 32.0. The SMILES string of the molecule is Cc1ccc(/C(=C2/C=Cc3cc(N=Nc4ccc([N+](=O)[O-])cc4)ccc3O2)P2(=O)OCC(C)(C)CO2)cc1. The van der Waals surface area contributed by atoms with Gasteiger partial charge in [0.2, 0.25) is 0 Å². The molecule has 2 aliphatic heterocycles. The van der Waals surface area contributed by atoms with Crippen LogP contribution in [-0.2, 0) is 13.6 Å². The minimum Gasteiger partial charge on any atom is -0.456 e. The van der Waals surface area contributed by atoms with Crippen LogP contribution < -0.4 is 4.74 Å². The number of rotatable bonds is 5. The zero-order valence-electron chi connectivity index (χ0n) is 21.2. The zero-order chi connectivity index (χ0) is 26.9. The molecule has 3 aromatic rings. The molecule has 2 aliphatic rings. The van der Waals surface area contributed by atoms with Crippen molar-refractivity contribution in [2.24, 2.45) is 15.6 Å². The Morgan fingerprint density at radius 3 is 2.21 bits per heavy atom. The maximum absolute atomic E-state index is 14.0. The molecule has 3 aromatic carbocycles. The van der Waals surface area contributed by atoms with E-state index in [0.717, 1.165) is 11.1 Å². The van der Waals surface area contributed by atoms with Gasteiger partial charge in [-0.1, -0.05) is 43.7 Å². The van der Waals surface area contributed by atoms with Crippen LogP contribution in [0.15, 0.2) is 88.8 Å². The fourth-order valence-corrected chi connectivity index (χ4v) is 6.12. The first-order chi connectivity index (χ1) is 18.1. The molecule has 0 spiro atoms. The van der Waals surface area contributed by atoms with E-state index in [1.165, 1.54) is 24.3 Å². The number of azo groups is 1. The molecule has 0 aliphatic carbocycles. The number of ether oxygens (including phenoxy) is 1. The standard InChI is InChI=1S/C28H26N3O6P/c1-19-4-6-20(7-5-19)27(38(34)35-17-28(2,3)18-36-38)26-14-8-21-16-23(11-15-25(21)37-26)30-29-22-9-12-24(13-10-22)31(32)33/h4-16H,17-18H2,1-3H3/b27-26+,30-29?. The molecule has 1 saturated heterocycles. The van der Waals surface area contributed by atoms with Crippen LogP contribution in [0.4, 0.5) is 17.1 Å². The molecule has 2 heterocycles. The fourth-order valence-electron chi connectivity index (χ4n) is 3.90. The summed E-state index contributed by atoms with van der Waals surface area (Å²) in [4.78, 5) is 10.4. The zero-order valence-corrected chi connectivity index (χ0v) is 22.1. The second-order valence-corrected chi connectivity index (χ2v) is 11.9. The number of allylic oxidation sites excluding steroid dienone is 1. The highest BCUT2D eigenvalue weighted by molar-refractivity contribution is 7.65. The van der Waals surface area contributed by atoms with Crippen molar-refractivity contribution in [3.8, 4) is 5.75 Å². The Morgan fingerprint density at radius 2 is 1.55 bits per heavy atom. The molecule has 5 rings (SSSR count). The van der Waals surface area contributed by atoms with Crippen molar-refractivity contribution in [1.29, 1.82) is 0 Å². The van der Waals surface area contributed by atoms with Crippen LogP contribution in [0, 0.1) is 22.5 Å². The molecule has 0 bridgehead atoms. The predicted octanol–water partition coefficient (Wildman–Crippen LogP) is 8.36. The van der Waals surface area contributed by atoms with Gasteiger partial charge >= 0.3 is 7.60 Å². The largest absolute Gasteiger partial charge is 0.456 e. The van der Waals surface area contributed by atoms with Crippen LogP contribution in [-0.4, -0.2) is 18.1 Å². The maximum atomic E-state index is 14.0. The highest BCUT2D eigenvalue weighted by atomic mass is 31.2. The molecule has 194 valence electrons. The van der Waals surface area contributed by atoms with E-state index in [-0.39, 0.29) is 11.1 Å². The van der Waals surface area contributed by atoms with Gasteiger partial charge in [0.05, 0.1) is 29.5 Å². The lowest BCUT2D eigenvalue weighted by molar-refractivity contribution is -0.384. The van der Waals surface area contributed by atoms with Crippen LogP contribution in [0.1, 0.15) is 30.5 Å². The Morgan fingerprint density at radius 1 is 0.921 bits per heavy atom. The van der Waals surface area contributed by atoms with E-state index in [2.05, 4.69) is 10.2 Å². The molecule has 0 amide bonds.